The molecule has 19 heavy (non-hydrogen) atoms. The van der Waals surface area contributed by atoms with Crippen LogP contribution in [0.1, 0.15) is 6.92 Å². The largest absolute Gasteiger partial charge is 0.396 e. The van der Waals surface area contributed by atoms with E-state index >= 15 is 0 Å². The molecule has 1 atom stereocenters. The zero-order valence-electron chi connectivity index (χ0n) is 10.6. The molecular formula is C11H16ClFN2O3S. The van der Waals surface area contributed by atoms with E-state index in [4.69, 9.17) is 22.1 Å². The van der Waals surface area contributed by atoms with Gasteiger partial charge in [0, 0.05) is 25.3 Å². The molecular weight excluding hydrogens is 295 g/mol. The second-order valence-corrected chi connectivity index (χ2v) is 6.39. The summed E-state index contributed by atoms with van der Waals surface area (Å²) in [5.74, 6) is -1.05. The van der Waals surface area contributed by atoms with Crippen LogP contribution in [0.5, 0.6) is 0 Å². The normalized spacial score (nSPS) is 13.5. The lowest BCUT2D eigenvalue weighted by Crippen LogP contribution is -2.30. The molecule has 0 bridgehead atoms. The van der Waals surface area contributed by atoms with Crippen molar-refractivity contribution in [2.75, 3.05) is 26.0 Å². The van der Waals surface area contributed by atoms with Gasteiger partial charge in [0.25, 0.3) is 0 Å². The Kier molecular flexibility index (Phi) is 5.54. The lowest BCUT2D eigenvalue weighted by Gasteiger charge is -2.13. The summed E-state index contributed by atoms with van der Waals surface area (Å²) >= 11 is 5.68. The van der Waals surface area contributed by atoms with Crippen molar-refractivity contribution in [1.82, 2.24) is 4.72 Å². The lowest BCUT2D eigenvalue weighted by molar-refractivity contribution is 0.161. The number of nitrogens with one attached hydrogen (secondary N) is 1. The number of hydrogen-bond acceptors (Lipinski definition) is 4. The van der Waals surface area contributed by atoms with Gasteiger partial charge in [-0.15, -0.1) is 0 Å². The summed E-state index contributed by atoms with van der Waals surface area (Å²) in [6.07, 6.45) is 0. The van der Waals surface area contributed by atoms with Crippen LogP contribution >= 0.6 is 11.6 Å². The third-order valence-electron chi connectivity index (χ3n) is 2.39. The van der Waals surface area contributed by atoms with Gasteiger partial charge in [-0.3, -0.25) is 0 Å². The van der Waals surface area contributed by atoms with Gasteiger partial charge in [0.05, 0.1) is 5.69 Å². The van der Waals surface area contributed by atoms with Crippen molar-refractivity contribution in [3.05, 3.63) is 23.0 Å². The predicted molar refractivity (Wildman–Crippen MR) is 72.1 cm³/mol. The summed E-state index contributed by atoms with van der Waals surface area (Å²) in [5, 5.41) is 0.0595. The number of nitrogens with two attached hydrogens (primary N) is 1. The van der Waals surface area contributed by atoms with Crippen molar-refractivity contribution in [3.63, 3.8) is 0 Å². The number of hydrogen-bond donors (Lipinski definition) is 2. The molecule has 1 aromatic rings. The Bertz CT molecular complexity index is 551. The van der Waals surface area contributed by atoms with Crippen molar-refractivity contribution < 1.29 is 17.5 Å². The topological polar surface area (TPSA) is 81.4 Å². The summed E-state index contributed by atoms with van der Waals surface area (Å²) in [6, 6.07) is 2.18. The van der Waals surface area contributed by atoms with E-state index in [1.165, 1.54) is 7.11 Å². The first-order valence-electron chi connectivity index (χ1n) is 5.51. The van der Waals surface area contributed by atoms with Gasteiger partial charge < -0.3 is 10.5 Å². The van der Waals surface area contributed by atoms with Crippen LogP contribution in [0.3, 0.4) is 0 Å². The first-order chi connectivity index (χ1) is 8.77. The summed E-state index contributed by atoms with van der Waals surface area (Å²) in [4.78, 5) is -0.554. The first kappa shape index (κ1) is 16.2. The lowest BCUT2D eigenvalue weighted by atomic mass is 10.2. The van der Waals surface area contributed by atoms with Gasteiger partial charge in [-0.2, -0.15) is 0 Å². The van der Waals surface area contributed by atoms with E-state index in [9.17, 15) is 12.8 Å². The molecule has 0 aliphatic carbocycles. The van der Waals surface area contributed by atoms with Gasteiger partial charge in [0.2, 0.25) is 10.0 Å². The molecule has 0 aliphatic rings. The van der Waals surface area contributed by atoms with Gasteiger partial charge in [0.1, 0.15) is 4.90 Å². The maximum Gasteiger partial charge on any atom is 0.243 e. The Morgan fingerprint density at radius 1 is 1.53 bits per heavy atom. The Labute approximate surface area is 116 Å². The van der Waals surface area contributed by atoms with Crippen LogP contribution < -0.4 is 10.5 Å². The van der Waals surface area contributed by atoms with Gasteiger partial charge in [-0.25, -0.2) is 17.5 Å². The minimum atomic E-state index is -3.99. The van der Waals surface area contributed by atoms with E-state index in [1.54, 1.807) is 6.92 Å². The Morgan fingerprint density at radius 2 is 2.16 bits per heavy atom. The van der Waals surface area contributed by atoms with E-state index < -0.39 is 20.7 Å². The van der Waals surface area contributed by atoms with Crippen LogP contribution in [0.15, 0.2) is 17.0 Å². The van der Waals surface area contributed by atoms with Crippen molar-refractivity contribution >= 4 is 27.3 Å². The second-order valence-electron chi connectivity index (χ2n) is 4.22. The quantitative estimate of drug-likeness (QED) is 0.782. The molecule has 0 radical (unpaired) electrons. The van der Waals surface area contributed by atoms with Crippen LogP contribution in [0, 0.1) is 11.7 Å². The molecule has 0 aromatic heterocycles. The standard InChI is InChI=1S/C11H16ClFN2O3S/c1-7(6-18-2)5-15-19(16,17)10-4-8(12)3-9(14)11(10)13/h3-4,7,15H,5-6,14H2,1-2H3. The summed E-state index contributed by atoms with van der Waals surface area (Å²) in [7, 11) is -2.48. The number of anilines is 1. The maximum absolute atomic E-state index is 13.7. The van der Waals surface area contributed by atoms with E-state index in [0.717, 1.165) is 12.1 Å². The highest BCUT2D eigenvalue weighted by Gasteiger charge is 2.22. The number of sulfonamides is 1. The second kappa shape index (κ2) is 6.51. The highest BCUT2D eigenvalue weighted by atomic mass is 35.5. The van der Waals surface area contributed by atoms with Crippen molar-refractivity contribution in [2.24, 2.45) is 5.92 Å². The summed E-state index contributed by atoms with van der Waals surface area (Å²) < 4.78 is 44.8. The average molecular weight is 311 g/mol. The summed E-state index contributed by atoms with van der Waals surface area (Å²) in [5.41, 5.74) is 5.04. The molecule has 0 aliphatic heterocycles. The number of rotatable bonds is 6. The van der Waals surface area contributed by atoms with Crippen LogP contribution in [-0.4, -0.2) is 28.7 Å². The fourth-order valence-electron chi connectivity index (χ4n) is 1.45. The number of methoxy groups -OCH3 is 1. The molecule has 1 aromatic carbocycles. The Morgan fingerprint density at radius 3 is 2.74 bits per heavy atom. The minimum Gasteiger partial charge on any atom is -0.396 e. The monoisotopic (exact) mass is 310 g/mol. The van der Waals surface area contributed by atoms with Crippen LogP contribution in [0.4, 0.5) is 10.1 Å². The number of ether oxygens (including phenoxy) is 1. The fourth-order valence-corrected chi connectivity index (χ4v) is 3.04. The van der Waals surface area contributed by atoms with E-state index in [2.05, 4.69) is 4.72 Å². The molecule has 1 unspecified atom stereocenters. The number of halogens is 2. The number of benzene rings is 1. The molecule has 5 nitrogen and oxygen atoms in total. The van der Waals surface area contributed by atoms with Crippen LogP contribution in [0.25, 0.3) is 0 Å². The highest BCUT2D eigenvalue weighted by molar-refractivity contribution is 7.89. The number of nitrogen functional groups attached to an aromatic ring is 1. The highest BCUT2D eigenvalue weighted by Crippen LogP contribution is 2.25. The predicted octanol–water partition coefficient (Wildman–Crippen LogP) is 1.62. The molecule has 0 spiro atoms. The summed E-state index contributed by atoms with van der Waals surface area (Å²) in [6.45, 7) is 2.32. The average Bonchev–Trinajstić information content (AvgIpc) is 2.31. The van der Waals surface area contributed by atoms with E-state index in [0.29, 0.717) is 6.61 Å². The molecule has 3 N–H and O–H groups in total. The van der Waals surface area contributed by atoms with Crippen molar-refractivity contribution in [3.8, 4) is 0 Å². The molecule has 1 rings (SSSR count). The van der Waals surface area contributed by atoms with Gasteiger partial charge in [0.15, 0.2) is 5.82 Å². The minimum absolute atomic E-state index is 0.0423. The molecule has 0 fully saturated rings. The fraction of sp³-hybridized carbons (Fsp3) is 0.455. The van der Waals surface area contributed by atoms with Crippen LogP contribution in [0.2, 0.25) is 5.02 Å². The first-order valence-corrected chi connectivity index (χ1v) is 7.37. The third-order valence-corrected chi connectivity index (χ3v) is 4.04. The zero-order valence-corrected chi connectivity index (χ0v) is 12.2. The van der Waals surface area contributed by atoms with E-state index in [-0.39, 0.29) is 23.2 Å². The maximum atomic E-state index is 13.7. The Balaban J connectivity index is 2.95. The molecule has 0 amide bonds. The third kappa shape index (κ3) is 4.31. The Hall–Kier alpha value is -0.890. The van der Waals surface area contributed by atoms with Gasteiger partial charge >= 0.3 is 0 Å². The smallest absolute Gasteiger partial charge is 0.243 e. The molecule has 8 heteroatoms. The van der Waals surface area contributed by atoms with E-state index in [1.807, 2.05) is 0 Å². The van der Waals surface area contributed by atoms with Gasteiger partial charge in [-0.05, 0) is 18.1 Å². The van der Waals surface area contributed by atoms with Crippen LogP contribution in [-0.2, 0) is 14.8 Å². The van der Waals surface area contributed by atoms with Gasteiger partial charge in [-0.1, -0.05) is 18.5 Å². The molecule has 0 heterocycles. The molecule has 0 saturated carbocycles. The molecule has 0 saturated heterocycles. The molecule has 108 valence electrons. The SMILES string of the molecule is COCC(C)CNS(=O)(=O)c1cc(Cl)cc(N)c1F. The van der Waals surface area contributed by atoms with Crippen molar-refractivity contribution in [2.45, 2.75) is 11.8 Å². The zero-order chi connectivity index (χ0) is 14.6. The van der Waals surface area contributed by atoms with Crippen molar-refractivity contribution in [1.29, 1.82) is 0 Å².